The first-order valence-electron chi connectivity index (χ1n) is 4.47. The normalized spacial score (nSPS) is 20.4. The second-order valence-electron chi connectivity index (χ2n) is 3.12. The molecule has 3 nitrogen and oxygen atoms in total. The summed E-state index contributed by atoms with van der Waals surface area (Å²) in [6.45, 7) is 6.30. The van der Waals surface area contributed by atoms with Crippen molar-refractivity contribution >= 4 is 11.7 Å². The van der Waals surface area contributed by atoms with E-state index in [2.05, 4.69) is 21.8 Å². The smallest absolute Gasteiger partial charge is 0.121 e. The van der Waals surface area contributed by atoms with Crippen LogP contribution in [0.2, 0.25) is 0 Å². The molecule has 0 aliphatic carbocycles. The summed E-state index contributed by atoms with van der Waals surface area (Å²) < 4.78 is 0. The maximum absolute atomic E-state index is 4.37. The Kier molecular flexibility index (Phi) is 3.26. The topological polar surface area (TPSA) is 28.0 Å². The fourth-order valence-corrected chi connectivity index (χ4v) is 1.40. The van der Waals surface area contributed by atoms with Crippen molar-refractivity contribution in [3.63, 3.8) is 0 Å². The molecule has 0 unspecified atom stereocenters. The monoisotopic (exact) mass is 167 g/mol. The maximum atomic E-state index is 4.37. The summed E-state index contributed by atoms with van der Waals surface area (Å²) in [5.74, 6) is 1.97. The van der Waals surface area contributed by atoms with Gasteiger partial charge in [-0.2, -0.15) is 0 Å². The molecule has 1 rings (SSSR count). The van der Waals surface area contributed by atoms with Gasteiger partial charge in [0.1, 0.15) is 11.7 Å². The fraction of sp³-hybridized carbons (Fsp3) is 0.778. The van der Waals surface area contributed by atoms with Crippen molar-refractivity contribution in [3.8, 4) is 0 Å². The van der Waals surface area contributed by atoms with E-state index in [1.165, 1.54) is 12.8 Å². The lowest BCUT2D eigenvalue weighted by Crippen LogP contribution is -2.25. The molecule has 1 aliphatic rings. The van der Waals surface area contributed by atoms with E-state index < -0.39 is 0 Å². The molecule has 12 heavy (non-hydrogen) atoms. The van der Waals surface area contributed by atoms with Crippen molar-refractivity contribution in [2.75, 3.05) is 20.1 Å². The van der Waals surface area contributed by atoms with Gasteiger partial charge >= 0.3 is 0 Å². The van der Waals surface area contributed by atoms with Gasteiger partial charge in [0.05, 0.1) is 0 Å². The number of rotatable bonds is 0. The van der Waals surface area contributed by atoms with Crippen molar-refractivity contribution in [3.05, 3.63) is 0 Å². The second-order valence-corrected chi connectivity index (χ2v) is 3.12. The quantitative estimate of drug-likeness (QED) is 0.397. The third kappa shape index (κ3) is 2.32. The van der Waals surface area contributed by atoms with Gasteiger partial charge in [0.2, 0.25) is 0 Å². The van der Waals surface area contributed by atoms with Crippen molar-refractivity contribution in [2.45, 2.75) is 26.7 Å². The van der Waals surface area contributed by atoms with Crippen LogP contribution in [0, 0.1) is 0 Å². The van der Waals surface area contributed by atoms with Crippen LogP contribution in [0.15, 0.2) is 9.98 Å². The fourth-order valence-electron chi connectivity index (χ4n) is 1.40. The average molecular weight is 167 g/mol. The van der Waals surface area contributed by atoms with Gasteiger partial charge in [-0.25, -0.2) is 4.99 Å². The van der Waals surface area contributed by atoms with Crippen LogP contribution in [0.5, 0.6) is 0 Å². The van der Waals surface area contributed by atoms with Crippen LogP contribution < -0.4 is 0 Å². The zero-order valence-electron chi connectivity index (χ0n) is 8.17. The molecule has 0 amide bonds. The predicted octanol–water partition coefficient (Wildman–Crippen LogP) is 1.55. The molecule has 0 aromatic rings. The van der Waals surface area contributed by atoms with Gasteiger partial charge in [0.15, 0.2) is 0 Å². The Morgan fingerprint density at radius 1 is 1.17 bits per heavy atom. The van der Waals surface area contributed by atoms with E-state index in [9.17, 15) is 0 Å². The molecule has 0 spiro atoms. The van der Waals surface area contributed by atoms with Crippen LogP contribution in [0.1, 0.15) is 26.7 Å². The van der Waals surface area contributed by atoms with Gasteiger partial charge in [0.25, 0.3) is 0 Å². The van der Waals surface area contributed by atoms with E-state index in [1.54, 1.807) is 7.05 Å². The minimum atomic E-state index is 0.861. The molecule has 68 valence electrons. The molecule has 0 aromatic heterocycles. The predicted molar refractivity (Wildman–Crippen MR) is 52.9 cm³/mol. The lowest BCUT2D eigenvalue weighted by molar-refractivity contribution is 0.517. The van der Waals surface area contributed by atoms with Gasteiger partial charge in [-0.15, -0.1) is 0 Å². The largest absolute Gasteiger partial charge is 0.360 e. The Bertz CT molecular complexity index is 200. The summed E-state index contributed by atoms with van der Waals surface area (Å²) in [7, 11) is 1.77. The van der Waals surface area contributed by atoms with Crippen molar-refractivity contribution in [1.29, 1.82) is 0 Å². The number of amidine groups is 2. The Balaban J connectivity index is 2.55. The number of hydrogen-bond acceptors (Lipinski definition) is 1. The highest BCUT2D eigenvalue weighted by atomic mass is 15.2. The van der Waals surface area contributed by atoms with E-state index in [-0.39, 0.29) is 0 Å². The minimum Gasteiger partial charge on any atom is -0.360 e. The molecular formula is C9H17N3. The SMILES string of the molecule is CN=C(C)N=C(C)N1CCCC1. The maximum Gasteiger partial charge on any atom is 0.121 e. The molecule has 0 radical (unpaired) electrons. The Labute approximate surface area is 74.2 Å². The zero-order chi connectivity index (χ0) is 8.97. The van der Waals surface area contributed by atoms with E-state index >= 15 is 0 Å². The summed E-state index contributed by atoms with van der Waals surface area (Å²) in [5.41, 5.74) is 0. The van der Waals surface area contributed by atoms with Gasteiger partial charge < -0.3 is 4.90 Å². The van der Waals surface area contributed by atoms with Crippen LogP contribution in [0.25, 0.3) is 0 Å². The number of nitrogens with zero attached hydrogens (tertiary/aromatic N) is 3. The lowest BCUT2D eigenvalue weighted by Gasteiger charge is -2.15. The number of likely N-dealkylation sites (tertiary alicyclic amines) is 1. The van der Waals surface area contributed by atoms with Gasteiger partial charge in [0, 0.05) is 20.1 Å². The Hall–Kier alpha value is -0.860. The van der Waals surface area contributed by atoms with Crippen LogP contribution >= 0.6 is 0 Å². The molecule has 0 saturated carbocycles. The molecule has 0 aromatic carbocycles. The molecule has 0 atom stereocenters. The molecule has 1 fully saturated rings. The first-order chi connectivity index (χ1) is 5.74. The standard InChI is InChI=1S/C9H17N3/c1-8(10-3)11-9(2)12-6-4-5-7-12/h4-7H2,1-3H3. The summed E-state index contributed by atoms with van der Waals surface area (Å²) in [6.07, 6.45) is 2.60. The molecule has 0 bridgehead atoms. The molecule has 1 heterocycles. The summed E-state index contributed by atoms with van der Waals surface area (Å²) in [5, 5.41) is 0. The molecule has 1 aliphatic heterocycles. The lowest BCUT2D eigenvalue weighted by atomic mass is 10.4. The number of aliphatic imine (C=N–C) groups is 2. The highest BCUT2D eigenvalue weighted by molar-refractivity contribution is 5.94. The first kappa shape index (κ1) is 9.23. The summed E-state index contributed by atoms with van der Waals surface area (Å²) in [4.78, 5) is 10.7. The van der Waals surface area contributed by atoms with Crippen molar-refractivity contribution in [1.82, 2.24) is 4.90 Å². The third-order valence-electron chi connectivity index (χ3n) is 2.21. The van der Waals surface area contributed by atoms with Gasteiger partial charge in [-0.05, 0) is 26.7 Å². The van der Waals surface area contributed by atoms with E-state index in [0.717, 1.165) is 24.8 Å². The molecule has 3 heteroatoms. The highest BCUT2D eigenvalue weighted by Gasteiger charge is 2.12. The molecule has 1 saturated heterocycles. The van der Waals surface area contributed by atoms with Crippen molar-refractivity contribution < 1.29 is 0 Å². The third-order valence-corrected chi connectivity index (χ3v) is 2.21. The average Bonchev–Trinajstić information content (AvgIpc) is 2.56. The van der Waals surface area contributed by atoms with Crippen LogP contribution in [0.4, 0.5) is 0 Å². The van der Waals surface area contributed by atoms with Gasteiger partial charge in [-0.3, -0.25) is 4.99 Å². The van der Waals surface area contributed by atoms with E-state index in [4.69, 9.17) is 0 Å². The summed E-state index contributed by atoms with van der Waals surface area (Å²) in [6, 6.07) is 0. The van der Waals surface area contributed by atoms with Crippen molar-refractivity contribution in [2.24, 2.45) is 9.98 Å². The Morgan fingerprint density at radius 3 is 2.25 bits per heavy atom. The van der Waals surface area contributed by atoms with E-state index in [1.807, 2.05) is 6.92 Å². The highest BCUT2D eigenvalue weighted by Crippen LogP contribution is 2.07. The summed E-state index contributed by atoms with van der Waals surface area (Å²) >= 11 is 0. The van der Waals surface area contributed by atoms with Crippen LogP contribution in [0.3, 0.4) is 0 Å². The molecular weight excluding hydrogens is 150 g/mol. The second kappa shape index (κ2) is 4.24. The first-order valence-corrected chi connectivity index (χ1v) is 4.47. The molecule has 0 N–H and O–H groups in total. The van der Waals surface area contributed by atoms with Gasteiger partial charge in [-0.1, -0.05) is 0 Å². The Morgan fingerprint density at radius 2 is 1.75 bits per heavy atom. The van der Waals surface area contributed by atoms with Crippen LogP contribution in [-0.4, -0.2) is 36.7 Å². The minimum absolute atomic E-state index is 0.861. The van der Waals surface area contributed by atoms with Crippen LogP contribution in [-0.2, 0) is 0 Å². The zero-order valence-corrected chi connectivity index (χ0v) is 8.17. The van der Waals surface area contributed by atoms with E-state index in [0.29, 0.717) is 0 Å². The number of hydrogen-bond donors (Lipinski definition) is 0.